The van der Waals surface area contributed by atoms with Gasteiger partial charge in [0.2, 0.25) is 11.8 Å². The zero-order valence-electron chi connectivity index (χ0n) is 35.8. The molecule has 10 nitrogen and oxygen atoms in total. The van der Waals surface area contributed by atoms with Crippen molar-refractivity contribution in [2.75, 3.05) is 36.8 Å². The van der Waals surface area contributed by atoms with Gasteiger partial charge < -0.3 is 20.1 Å². The highest BCUT2D eigenvalue weighted by Gasteiger charge is 2.29. The fourth-order valence-electron chi connectivity index (χ4n) is 7.73. The molecule has 2 N–H and O–H groups in total. The topological polar surface area (TPSA) is 109 Å². The second-order valence-electron chi connectivity index (χ2n) is 15.9. The van der Waals surface area contributed by atoms with E-state index >= 15 is 0 Å². The number of amides is 2. The molecule has 2 aliphatic heterocycles. The first-order chi connectivity index (χ1) is 30.1. The van der Waals surface area contributed by atoms with Crippen LogP contribution in [0.3, 0.4) is 0 Å². The maximum absolute atomic E-state index is 13.1. The summed E-state index contributed by atoms with van der Waals surface area (Å²) in [6.07, 6.45) is 1.98. The Morgan fingerprint density at radius 3 is 1.28 bits per heavy atom. The van der Waals surface area contributed by atoms with Crippen LogP contribution in [0.5, 0.6) is 11.8 Å². The van der Waals surface area contributed by atoms with E-state index < -0.39 is 0 Å². The van der Waals surface area contributed by atoms with Gasteiger partial charge in [-0.1, -0.05) is 86.6 Å². The Morgan fingerprint density at radius 2 is 0.922 bits per heavy atom. The lowest BCUT2D eigenvalue weighted by atomic mass is 9.96. The predicted octanol–water partition coefficient (Wildman–Crippen LogP) is 10.4. The molecule has 2 aliphatic rings. The third kappa shape index (κ3) is 14.6. The number of benzene rings is 4. The Kier molecular flexibility index (Phi) is 18.6. The molecule has 336 valence electrons. The number of nitrogens with zero attached hydrogens (tertiary/aromatic N) is 4. The number of piperidine rings is 2. The van der Waals surface area contributed by atoms with Gasteiger partial charge in [-0.25, -0.2) is 8.78 Å². The molecule has 2 saturated heterocycles. The van der Waals surface area contributed by atoms with E-state index in [1.54, 1.807) is 36.4 Å². The third-order valence-corrected chi connectivity index (χ3v) is 11.0. The number of carbonyl (C=O) groups is 2. The minimum atomic E-state index is -0.381. The van der Waals surface area contributed by atoms with E-state index in [-0.39, 0.29) is 60.5 Å². The second-order valence-corrected chi connectivity index (χ2v) is 15.9. The van der Waals surface area contributed by atoms with Crippen molar-refractivity contribution in [3.8, 4) is 11.8 Å². The van der Waals surface area contributed by atoms with Gasteiger partial charge >= 0.3 is 0 Å². The van der Waals surface area contributed by atoms with Crippen LogP contribution in [0, 0.1) is 23.5 Å². The number of anilines is 2. The fraction of sp³-hybridized carbons (Fsp3) is 0.280. The van der Waals surface area contributed by atoms with Gasteiger partial charge in [-0.2, -0.15) is 9.97 Å². The van der Waals surface area contributed by atoms with E-state index in [1.807, 2.05) is 12.1 Å². The number of ether oxygens (including phenoxy) is 2. The fourth-order valence-corrected chi connectivity index (χ4v) is 7.73. The van der Waals surface area contributed by atoms with Crippen LogP contribution in [0.2, 0.25) is 0 Å². The third-order valence-electron chi connectivity index (χ3n) is 11.0. The van der Waals surface area contributed by atoms with Gasteiger partial charge in [-0.15, -0.1) is 24.8 Å². The number of aromatic nitrogens is 2. The van der Waals surface area contributed by atoms with E-state index in [4.69, 9.17) is 9.47 Å². The zero-order valence-corrected chi connectivity index (χ0v) is 37.4. The van der Waals surface area contributed by atoms with E-state index in [1.165, 1.54) is 59.7 Å². The number of carbonyl (C=O) groups excluding carboxylic acids is 2. The smallest absolute Gasteiger partial charge is 0.256 e. The molecule has 4 heterocycles. The van der Waals surface area contributed by atoms with Crippen LogP contribution in [-0.4, -0.2) is 70.0 Å². The van der Waals surface area contributed by atoms with Crippen molar-refractivity contribution in [2.45, 2.75) is 52.0 Å². The quantitative estimate of drug-likeness (QED) is 0.125. The van der Waals surface area contributed by atoms with Gasteiger partial charge in [0, 0.05) is 74.4 Å². The summed E-state index contributed by atoms with van der Waals surface area (Å²) in [6, 6.07) is 42.4. The van der Waals surface area contributed by atoms with Crippen molar-refractivity contribution in [3.63, 3.8) is 0 Å². The molecule has 0 aliphatic carbocycles. The molecular formula is C50H54Cl2F2N6O4. The van der Waals surface area contributed by atoms with Crippen LogP contribution in [0.4, 0.5) is 20.4 Å². The molecule has 0 radical (unpaired) electrons. The monoisotopic (exact) mass is 910 g/mol. The Hall–Kier alpha value is -5.92. The molecule has 0 unspecified atom stereocenters. The van der Waals surface area contributed by atoms with Gasteiger partial charge in [0.1, 0.15) is 35.5 Å². The van der Waals surface area contributed by atoms with Gasteiger partial charge in [0.05, 0.1) is 0 Å². The van der Waals surface area contributed by atoms with Crippen LogP contribution in [0.25, 0.3) is 0 Å². The van der Waals surface area contributed by atoms with E-state index in [9.17, 15) is 18.4 Å². The molecule has 6 aromatic rings. The lowest BCUT2D eigenvalue weighted by Crippen LogP contribution is -2.44. The largest absolute Gasteiger partial charge is 0.474 e. The molecule has 14 heteroatoms. The lowest BCUT2D eigenvalue weighted by molar-refractivity contribution is 0.0461. The number of rotatable bonds is 12. The van der Waals surface area contributed by atoms with Crippen LogP contribution in [0.1, 0.15) is 58.5 Å². The molecule has 4 aromatic carbocycles. The summed E-state index contributed by atoms with van der Waals surface area (Å²) in [5, 5.41) is 5.48. The maximum atomic E-state index is 13.1. The Labute approximate surface area is 386 Å². The SMILES string of the molecule is C[C@@H]1CN(Cc2ccccc2)CC[C@H]1Oc1cccc(NC(=O)c2ccc(F)cc2)n1.C[C@H]1CN(Cc2ccccc2)CC[C@@H]1Oc1cccc(NC(=O)c2ccc(F)cc2)n1.Cl.Cl. The van der Waals surface area contributed by atoms with Gasteiger partial charge in [0.25, 0.3) is 11.8 Å². The first-order valence-corrected chi connectivity index (χ1v) is 21.1. The summed E-state index contributed by atoms with van der Waals surface area (Å²) in [6.45, 7) is 10.1. The average Bonchev–Trinajstić information content (AvgIpc) is 3.27. The highest BCUT2D eigenvalue weighted by molar-refractivity contribution is 6.04. The molecule has 0 saturated carbocycles. The van der Waals surface area contributed by atoms with Crippen molar-refractivity contribution in [3.05, 3.63) is 179 Å². The minimum absolute atomic E-state index is 0. The Morgan fingerprint density at radius 1 is 0.547 bits per heavy atom. The van der Waals surface area contributed by atoms with Crippen LogP contribution in [-0.2, 0) is 13.1 Å². The molecular weight excluding hydrogens is 857 g/mol. The van der Waals surface area contributed by atoms with Gasteiger partial charge in [-0.05, 0) is 84.6 Å². The zero-order chi connectivity index (χ0) is 43.3. The molecule has 2 amide bonds. The van der Waals surface area contributed by atoms with E-state index in [2.05, 4.69) is 92.8 Å². The Balaban J connectivity index is 0.000000234. The summed E-state index contributed by atoms with van der Waals surface area (Å²) in [4.78, 5) is 38.5. The van der Waals surface area contributed by atoms with Gasteiger partial charge in [-0.3, -0.25) is 19.4 Å². The minimum Gasteiger partial charge on any atom is -0.474 e. The molecule has 2 aromatic heterocycles. The maximum Gasteiger partial charge on any atom is 0.256 e. The van der Waals surface area contributed by atoms with Crippen molar-refractivity contribution >= 4 is 48.3 Å². The first kappa shape index (κ1) is 49.1. The second kappa shape index (κ2) is 24.2. The number of hydrogen-bond donors (Lipinski definition) is 2. The summed E-state index contributed by atoms with van der Waals surface area (Å²) in [5.74, 6) is 1.06. The molecule has 64 heavy (non-hydrogen) atoms. The summed E-state index contributed by atoms with van der Waals surface area (Å²) >= 11 is 0. The highest BCUT2D eigenvalue weighted by atomic mass is 35.5. The van der Waals surface area contributed by atoms with Crippen LogP contribution >= 0.6 is 24.8 Å². The van der Waals surface area contributed by atoms with Crippen molar-refractivity contribution in [1.82, 2.24) is 19.8 Å². The average molecular weight is 912 g/mol. The number of likely N-dealkylation sites (tertiary alicyclic amines) is 2. The molecule has 2 fully saturated rings. The standard InChI is InChI=1S/2C25H26FN3O2.2ClH/c2*1-18-16-29(17-19-6-3-2-4-7-19)15-14-22(18)31-24-9-5-8-23(27-24)28-25(30)20-10-12-21(26)13-11-20;;/h2*2-13,18,22H,14-17H2,1H3,(H,27,28,30);2*1H/t2*18-,22-;;/m10../s1. The Bertz CT molecular complexity index is 2200. The highest BCUT2D eigenvalue weighted by Crippen LogP contribution is 2.26. The number of nitrogens with one attached hydrogen (secondary N) is 2. The predicted molar refractivity (Wildman–Crippen MR) is 252 cm³/mol. The van der Waals surface area contributed by atoms with Crippen molar-refractivity contribution < 1.29 is 27.8 Å². The molecule has 0 spiro atoms. The van der Waals surface area contributed by atoms with E-state index in [0.29, 0.717) is 46.4 Å². The lowest BCUT2D eigenvalue weighted by Gasteiger charge is -2.36. The molecule has 8 rings (SSSR count). The first-order valence-electron chi connectivity index (χ1n) is 21.1. The van der Waals surface area contributed by atoms with Gasteiger partial charge in [0.15, 0.2) is 0 Å². The number of halogens is 4. The normalized spacial score (nSPS) is 18.4. The molecule has 0 bridgehead atoms. The van der Waals surface area contributed by atoms with Crippen LogP contribution < -0.4 is 20.1 Å². The summed E-state index contributed by atoms with van der Waals surface area (Å²) in [7, 11) is 0. The number of hydrogen-bond acceptors (Lipinski definition) is 8. The number of pyridine rings is 2. The molecule has 4 atom stereocenters. The summed E-state index contributed by atoms with van der Waals surface area (Å²) in [5.41, 5.74) is 3.38. The van der Waals surface area contributed by atoms with Crippen LogP contribution in [0.15, 0.2) is 146 Å². The van der Waals surface area contributed by atoms with Crippen molar-refractivity contribution in [2.24, 2.45) is 11.8 Å². The van der Waals surface area contributed by atoms with Crippen molar-refractivity contribution in [1.29, 1.82) is 0 Å². The summed E-state index contributed by atoms with van der Waals surface area (Å²) < 4.78 is 38.4. The van der Waals surface area contributed by atoms with E-state index in [0.717, 1.165) is 52.1 Å².